The van der Waals surface area contributed by atoms with Gasteiger partial charge in [-0.15, -0.1) is 0 Å². The minimum Gasteiger partial charge on any atom is -0.385 e. The number of hydrogen-bond acceptors (Lipinski definition) is 7. The van der Waals surface area contributed by atoms with Crippen LogP contribution in [0.1, 0.15) is 19.8 Å². The fraction of sp³-hybridized carbons (Fsp3) is 0.700. The smallest absolute Gasteiger partial charge is 0.184 e. The molecule has 1 rings (SSSR count). The summed E-state index contributed by atoms with van der Waals surface area (Å²) in [7, 11) is -1.67. The molecule has 0 atom stereocenters. The van der Waals surface area contributed by atoms with Gasteiger partial charge in [-0.05, 0) is 24.4 Å². The van der Waals surface area contributed by atoms with Crippen molar-refractivity contribution in [3.05, 3.63) is 0 Å². The zero-order valence-corrected chi connectivity index (χ0v) is 12.2. The fourth-order valence-corrected chi connectivity index (χ4v) is 3.62. The maximum atomic E-state index is 11.9. The lowest BCUT2D eigenvalue weighted by atomic mass is 10.3. The number of unbranched alkanes of at least 4 members (excludes halogenated alkanes) is 1. The van der Waals surface area contributed by atoms with E-state index < -0.39 is 9.84 Å². The third kappa shape index (κ3) is 3.82. The van der Waals surface area contributed by atoms with Gasteiger partial charge in [0.1, 0.15) is 9.90 Å². The second-order valence-electron chi connectivity index (χ2n) is 3.76. The first kappa shape index (κ1) is 15.2. The van der Waals surface area contributed by atoms with Crippen molar-refractivity contribution in [3.63, 3.8) is 0 Å². The van der Waals surface area contributed by atoms with Crippen LogP contribution >= 0.6 is 11.5 Å². The van der Waals surface area contributed by atoms with Crippen LogP contribution in [0, 0.1) is 0 Å². The molecule has 0 aliphatic carbocycles. The van der Waals surface area contributed by atoms with Crippen molar-refractivity contribution >= 4 is 32.2 Å². The molecule has 1 aromatic rings. The molecule has 0 unspecified atom stereocenters. The van der Waals surface area contributed by atoms with Crippen LogP contribution in [0.4, 0.5) is 10.8 Å². The van der Waals surface area contributed by atoms with Crippen molar-refractivity contribution in [2.45, 2.75) is 24.7 Å². The minimum absolute atomic E-state index is 0.0218. The number of hydrogen-bond donors (Lipinski definition) is 2. The van der Waals surface area contributed by atoms with Gasteiger partial charge < -0.3 is 15.8 Å². The number of nitrogen functional groups attached to an aromatic ring is 1. The van der Waals surface area contributed by atoms with E-state index in [4.69, 9.17) is 10.5 Å². The van der Waals surface area contributed by atoms with Gasteiger partial charge in [0.05, 0.1) is 5.75 Å². The van der Waals surface area contributed by atoms with Crippen molar-refractivity contribution in [2.24, 2.45) is 0 Å². The number of nitrogens with zero attached hydrogens (tertiary/aromatic N) is 1. The van der Waals surface area contributed by atoms with E-state index >= 15 is 0 Å². The molecule has 0 radical (unpaired) electrons. The van der Waals surface area contributed by atoms with Crippen molar-refractivity contribution < 1.29 is 13.2 Å². The Morgan fingerprint density at radius 3 is 2.78 bits per heavy atom. The summed E-state index contributed by atoms with van der Waals surface area (Å²) in [4.78, 5) is 0.141. The second kappa shape index (κ2) is 6.91. The normalized spacial score (nSPS) is 11.7. The Hall–Kier alpha value is -0.860. The molecule has 6 nitrogen and oxygen atoms in total. The minimum atomic E-state index is -3.33. The Morgan fingerprint density at radius 1 is 1.44 bits per heavy atom. The zero-order valence-electron chi connectivity index (χ0n) is 10.6. The summed E-state index contributed by atoms with van der Waals surface area (Å²) in [6, 6.07) is 0. The van der Waals surface area contributed by atoms with Crippen molar-refractivity contribution in [3.8, 4) is 0 Å². The molecule has 0 fully saturated rings. The first-order valence-electron chi connectivity index (χ1n) is 5.73. The number of ether oxygens (including phenoxy) is 1. The molecule has 8 heteroatoms. The highest BCUT2D eigenvalue weighted by Gasteiger charge is 2.23. The van der Waals surface area contributed by atoms with Gasteiger partial charge in [-0.3, -0.25) is 0 Å². The van der Waals surface area contributed by atoms with Gasteiger partial charge in [0.15, 0.2) is 15.7 Å². The molecular weight excluding hydrogens is 274 g/mol. The van der Waals surface area contributed by atoms with E-state index in [1.54, 1.807) is 14.0 Å². The quantitative estimate of drug-likeness (QED) is 0.703. The number of anilines is 2. The molecule has 0 aromatic carbocycles. The average Bonchev–Trinajstić information content (AvgIpc) is 2.71. The third-order valence-corrected chi connectivity index (χ3v) is 5.17. The van der Waals surface area contributed by atoms with E-state index in [9.17, 15) is 8.42 Å². The predicted molar refractivity (Wildman–Crippen MR) is 73.9 cm³/mol. The molecule has 0 saturated heterocycles. The van der Waals surface area contributed by atoms with Crippen molar-refractivity contribution in [1.29, 1.82) is 0 Å². The summed E-state index contributed by atoms with van der Waals surface area (Å²) in [5.41, 5.74) is 5.62. The summed E-state index contributed by atoms with van der Waals surface area (Å²) < 4.78 is 32.6. The topological polar surface area (TPSA) is 94.3 Å². The van der Waals surface area contributed by atoms with Crippen LogP contribution in [0.2, 0.25) is 0 Å². The monoisotopic (exact) mass is 293 g/mol. The van der Waals surface area contributed by atoms with E-state index in [2.05, 4.69) is 9.69 Å². The lowest BCUT2D eigenvalue weighted by molar-refractivity contribution is 0.194. The van der Waals surface area contributed by atoms with Crippen LogP contribution in [0.3, 0.4) is 0 Å². The Balaban J connectivity index is 2.67. The van der Waals surface area contributed by atoms with Gasteiger partial charge in [-0.1, -0.05) is 6.92 Å². The largest absolute Gasteiger partial charge is 0.385 e. The van der Waals surface area contributed by atoms with Crippen LogP contribution in [-0.4, -0.2) is 38.8 Å². The summed E-state index contributed by atoms with van der Waals surface area (Å²) >= 11 is 1.09. The van der Waals surface area contributed by atoms with E-state index in [0.29, 0.717) is 18.2 Å². The first-order valence-corrected chi connectivity index (χ1v) is 8.16. The molecule has 18 heavy (non-hydrogen) atoms. The first-order chi connectivity index (χ1) is 8.53. The highest BCUT2D eigenvalue weighted by molar-refractivity contribution is 7.91. The van der Waals surface area contributed by atoms with E-state index in [0.717, 1.165) is 24.4 Å². The molecule has 0 aliphatic heterocycles. The summed E-state index contributed by atoms with van der Waals surface area (Å²) in [5.74, 6) is 0.106. The van der Waals surface area contributed by atoms with Gasteiger partial charge in [-0.25, -0.2) is 8.42 Å². The molecule has 1 aromatic heterocycles. The maximum Gasteiger partial charge on any atom is 0.184 e. The zero-order chi connectivity index (χ0) is 13.6. The third-order valence-electron chi connectivity index (χ3n) is 2.43. The Kier molecular flexibility index (Phi) is 5.83. The highest BCUT2D eigenvalue weighted by atomic mass is 32.2. The van der Waals surface area contributed by atoms with E-state index in [1.807, 2.05) is 0 Å². The fourth-order valence-electron chi connectivity index (χ4n) is 1.42. The SMILES string of the molecule is CCS(=O)(=O)c1c(N)nsc1NCCCCOC. The molecule has 104 valence electrons. The standard InChI is InChI=1S/C10H19N3O3S2/c1-3-18(14,15)8-9(11)13-17-10(8)12-6-4-5-7-16-2/h12H,3-7H2,1-2H3,(H2,11,13). The van der Waals surface area contributed by atoms with Crippen LogP contribution in [-0.2, 0) is 14.6 Å². The number of rotatable bonds is 8. The summed E-state index contributed by atoms with van der Waals surface area (Å²) in [6.45, 7) is 2.97. The van der Waals surface area contributed by atoms with Crippen LogP contribution in [0.15, 0.2) is 4.90 Å². The predicted octanol–water partition coefficient (Wildman–Crippen LogP) is 1.36. The molecule has 0 spiro atoms. The molecule has 0 saturated carbocycles. The molecular formula is C10H19N3O3S2. The molecule has 0 amide bonds. The van der Waals surface area contributed by atoms with Gasteiger partial charge in [0, 0.05) is 20.3 Å². The van der Waals surface area contributed by atoms with Crippen molar-refractivity contribution in [1.82, 2.24) is 4.37 Å². The lowest BCUT2D eigenvalue weighted by Gasteiger charge is -2.06. The van der Waals surface area contributed by atoms with Gasteiger partial charge in [0.2, 0.25) is 0 Å². The number of aromatic nitrogens is 1. The number of methoxy groups -OCH3 is 1. The van der Waals surface area contributed by atoms with E-state index in [-0.39, 0.29) is 16.5 Å². The van der Waals surface area contributed by atoms with Crippen LogP contribution in [0.5, 0.6) is 0 Å². The van der Waals surface area contributed by atoms with Gasteiger partial charge in [0.25, 0.3) is 0 Å². The van der Waals surface area contributed by atoms with Gasteiger partial charge >= 0.3 is 0 Å². The molecule has 0 aliphatic rings. The van der Waals surface area contributed by atoms with Gasteiger partial charge in [-0.2, -0.15) is 4.37 Å². The lowest BCUT2D eigenvalue weighted by Crippen LogP contribution is -2.10. The second-order valence-corrected chi connectivity index (χ2v) is 6.74. The molecule has 3 N–H and O–H groups in total. The number of sulfone groups is 1. The van der Waals surface area contributed by atoms with E-state index in [1.165, 1.54) is 0 Å². The van der Waals surface area contributed by atoms with Crippen molar-refractivity contribution in [2.75, 3.05) is 37.1 Å². The number of nitrogens with one attached hydrogen (secondary N) is 1. The Bertz CT molecular complexity index is 471. The Labute approximate surface area is 112 Å². The summed E-state index contributed by atoms with van der Waals surface area (Å²) in [5, 5.41) is 3.61. The molecule has 1 heterocycles. The van der Waals surface area contributed by atoms with Crippen LogP contribution in [0.25, 0.3) is 0 Å². The maximum absolute atomic E-state index is 11.9. The molecule has 0 bridgehead atoms. The Morgan fingerprint density at radius 2 is 2.17 bits per heavy atom. The number of nitrogens with two attached hydrogens (primary N) is 1. The van der Waals surface area contributed by atoms with Crippen LogP contribution < -0.4 is 11.1 Å². The highest BCUT2D eigenvalue weighted by Crippen LogP contribution is 2.32. The average molecular weight is 293 g/mol. The summed E-state index contributed by atoms with van der Waals surface area (Å²) in [6.07, 6.45) is 1.82.